The van der Waals surface area contributed by atoms with E-state index in [1.165, 1.54) is 18.4 Å². The minimum absolute atomic E-state index is 0.260. The summed E-state index contributed by atoms with van der Waals surface area (Å²) in [5, 5.41) is 8.96. The van der Waals surface area contributed by atoms with E-state index < -0.39 is 0 Å². The lowest BCUT2D eigenvalue weighted by Crippen LogP contribution is -2.29. The zero-order chi connectivity index (χ0) is 11.2. The molecule has 86 valence electrons. The monoisotopic (exact) mass is 217 g/mol. The molecule has 0 aromatic heterocycles. The third-order valence-corrected chi connectivity index (χ3v) is 2.90. The van der Waals surface area contributed by atoms with E-state index >= 15 is 0 Å². The summed E-state index contributed by atoms with van der Waals surface area (Å²) < 4.78 is 0. The molecule has 2 rings (SSSR count). The van der Waals surface area contributed by atoms with Crippen molar-refractivity contribution in [2.24, 2.45) is 0 Å². The summed E-state index contributed by atoms with van der Waals surface area (Å²) >= 11 is 0. The van der Waals surface area contributed by atoms with Crippen LogP contribution in [0, 0.1) is 0 Å². The van der Waals surface area contributed by atoms with E-state index in [1.807, 2.05) is 18.2 Å². The van der Waals surface area contributed by atoms with Gasteiger partial charge in [0.1, 0.15) is 0 Å². The average Bonchev–Trinajstić information content (AvgIpc) is 3.13. The predicted molar refractivity (Wildman–Crippen MR) is 67.2 cm³/mol. The second-order valence-corrected chi connectivity index (χ2v) is 4.26. The van der Waals surface area contributed by atoms with Crippen molar-refractivity contribution in [3.63, 3.8) is 0 Å². The van der Waals surface area contributed by atoms with Gasteiger partial charge >= 0.3 is 0 Å². The lowest BCUT2D eigenvalue weighted by atomic mass is 10.2. The summed E-state index contributed by atoms with van der Waals surface area (Å²) in [6.45, 7) is 2.00. The highest BCUT2D eigenvalue weighted by Gasteiger charge is 2.27. The standard InChI is InChI=1S/C14H19NO/c16-12-11-15(14-8-9-14)10-4-7-13-5-2-1-3-6-13/h1-7,14,16H,8-12H2/b7-4+. The van der Waals surface area contributed by atoms with Crippen LogP contribution in [-0.2, 0) is 0 Å². The highest BCUT2D eigenvalue weighted by molar-refractivity contribution is 5.48. The van der Waals surface area contributed by atoms with Crippen molar-refractivity contribution < 1.29 is 5.11 Å². The van der Waals surface area contributed by atoms with E-state index in [1.54, 1.807) is 0 Å². The molecule has 1 aliphatic carbocycles. The maximum Gasteiger partial charge on any atom is 0.0558 e. The molecule has 2 heteroatoms. The predicted octanol–water partition coefficient (Wildman–Crippen LogP) is 2.16. The zero-order valence-electron chi connectivity index (χ0n) is 9.55. The van der Waals surface area contributed by atoms with Crippen LogP contribution in [0.3, 0.4) is 0 Å². The van der Waals surface area contributed by atoms with Crippen LogP contribution >= 0.6 is 0 Å². The minimum atomic E-state index is 0.260. The summed E-state index contributed by atoms with van der Waals surface area (Å²) in [7, 11) is 0. The molecule has 0 atom stereocenters. The molecule has 0 radical (unpaired) electrons. The molecular weight excluding hydrogens is 198 g/mol. The Bertz CT molecular complexity index is 330. The van der Waals surface area contributed by atoms with Crippen molar-refractivity contribution in [3.05, 3.63) is 42.0 Å². The van der Waals surface area contributed by atoms with Crippen molar-refractivity contribution in [3.8, 4) is 0 Å². The fourth-order valence-corrected chi connectivity index (χ4v) is 1.88. The SMILES string of the molecule is OCCN(C/C=C/c1ccccc1)C1CC1. The van der Waals surface area contributed by atoms with Crippen LogP contribution in [0.15, 0.2) is 36.4 Å². The molecule has 1 N–H and O–H groups in total. The summed E-state index contributed by atoms with van der Waals surface area (Å²) in [6.07, 6.45) is 6.91. The first-order valence-electron chi connectivity index (χ1n) is 5.96. The van der Waals surface area contributed by atoms with Gasteiger partial charge in [0.2, 0.25) is 0 Å². The van der Waals surface area contributed by atoms with Gasteiger partial charge < -0.3 is 5.11 Å². The van der Waals surface area contributed by atoms with Gasteiger partial charge in [-0.3, -0.25) is 4.90 Å². The largest absolute Gasteiger partial charge is 0.395 e. The summed E-state index contributed by atoms with van der Waals surface area (Å²) in [5.74, 6) is 0. The van der Waals surface area contributed by atoms with Gasteiger partial charge in [-0.15, -0.1) is 0 Å². The number of hydrogen-bond acceptors (Lipinski definition) is 2. The maximum atomic E-state index is 8.96. The van der Waals surface area contributed by atoms with Crippen LogP contribution in [0.1, 0.15) is 18.4 Å². The second-order valence-electron chi connectivity index (χ2n) is 4.26. The molecule has 1 fully saturated rings. The second kappa shape index (κ2) is 5.83. The van der Waals surface area contributed by atoms with E-state index in [2.05, 4.69) is 29.2 Å². The average molecular weight is 217 g/mol. The smallest absolute Gasteiger partial charge is 0.0558 e. The lowest BCUT2D eigenvalue weighted by molar-refractivity contribution is 0.202. The quantitative estimate of drug-likeness (QED) is 0.789. The van der Waals surface area contributed by atoms with Crippen LogP contribution in [0.4, 0.5) is 0 Å². The molecule has 0 saturated heterocycles. The fourth-order valence-electron chi connectivity index (χ4n) is 1.88. The van der Waals surface area contributed by atoms with E-state index in [0.717, 1.165) is 13.1 Å². The van der Waals surface area contributed by atoms with Gasteiger partial charge in [0, 0.05) is 19.1 Å². The van der Waals surface area contributed by atoms with Crippen molar-refractivity contribution in [1.82, 2.24) is 4.90 Å². The molecule has 1 aromatic carbocycles. The van der Waals surface area contributed by atoms with E-state index in [0.29, 0.717) is 6.04 Å². The van der Waals surface area contributed by atoms with Crippen LogP contribution in [0.2, 0.25) is 0 Å². The highest BCUT2D eigenvalue weighted by Crippen LogP contribution is 2.26. The highest BCUT2D eigenvalue weighted by atomic mass is 16.3. The van der Waals surface area contributed by atoms with Crippen LogP contribution in [0.5, 0.6) is 0 Å². The molecule has 1 saturated carbocycles. The number of hydrogen-bond donors (Lipinski definition) is 1. The molecular formula is C14H19NO. The van der Waals surface area contributed by atoms with Crippen molar-refractivity contribution in [2.75, 3.05) is 19.7 Å². The number of nitrogens with zero attached hydrogens (tertiary/aromatic N) is 1. The molecule has 2 nitrogen and oxygen atoms in total. The first-order chi connectivity index (χ1) is 7.90. The molecule has 0 unspecified atom stereocenters. The van der Waals surface area contributed by atoms with E-state index in [9.17, 15) is 0 Å². The summed E-state index contributed by atoms with van der Waals surface area (Å²) in [4.78, 5) is 2.35. The number of rotatable bonds is 6. The molecule has 0 aliphatic heterocycles. The molecule has 1 aromatic rings. The van der Waals surface area contributed by atoms with Gasteiger partial charge in [0.05, 0.1) is 6.61 Å². The third kappa shape index (κ3) is 3.47. The Kier molecular flexibility index (Phi) is 4.14. The van der Waals surface area contributed by atoms with Crippen molar-refractivity contribution in [2.45, 2.75) is 18.9 Å². The Morgan fingerprint density at radius 3 is 2.62 bits per heavy atom. The zero-order valence-corrected chi connectivity index (χ0v) is 9.55. The van der Waals surface area contributed by atoms with Gasteiger partial charge in [0.25, 0.3) is 0 Å². The van der Waals surface area contributed by atoms with Gasteiger partial charge in [-0.2, -0.15) is 0 Å². The van der Waals surface area contributed by atoms with Crippen LogP contribution in [-0.4, -0.2) is 35.7 Å². The topological polar surface area (TPSA) is 23.5 Å². The molecule has 0 bridgehead atoms. The fraction of sp³-hybridized carbons (Fsp3) is 0.429. The lowest BCUT2D eigenvalue weighted by Gasteiger charge is -2.18. The van der Waals surface area contributed by atoms with Gasteiger partial charge in [-0.1, -0.05) is 42.5 Å². The third-order valence-electron chi connectivity index (χ3n) is 2.90. The molecule has 1 aliphatic rings. The number of benzene rings is 1. The van der Waals surface area contributed by atoms with Gasteiger partial charge in [-0.25, -0.2) is 0 Å². The number of aliphatic hydroxyl groups is 1. The van der Waals surface area contributed by atoms with Crippen LogP contribution in [0.25, 0.3) is 6.08 Å². The van der Waals surface area contributed by atoms with E-state index in [-0.39, 0.29) is 6.61 Å². The number of aliphatic hydroxyl groups excluding tert-OH is 1. The Morgan fingerprint density at radius 1 is 1.25 bits per heavy atom. The Morgan fingerprint density at radius 2 is 2.00 bits per heavy atom. The first-order valence-corrected chi connectivity index (χ1v) is 5.96. The van der Waals surface area contributed by atoms with Gasteiger partial charge in [0.15, 0.2) is 0 Å². The van der Waals surface area contributed by atoms with E-state index in [4.69, 9.17) is 5.11 Å². The normalized spacial score (nSPS) is 16.1. The molecule has 16 heavy (non-hydrogen) atoms. The minimum Gasteiger partial charge on any atom is -0.395 e. The first kappa shape index (κ1) is 11.4. The Balaban J connectivity index is 1.83. The van der Waals surface area contributed by atoms with Crippen LogP contribution < -0.4 is 0 Å². The molecule has 0 amide bonds. The summed E-state index contributed by atoms with van der Waals surface area (Å²) in [5.41, 5.74) is 1.24. The Hall–Kier alpha value is -1.12. The molecule has 0 heterocycles. The van der Waals surface area contributed by atoms with Crippen molar-refractivity contribution >= 4 is 6.08 Å². The molecule has 0 spiro atoms. The maximum absolute atomic E-state index is 8.96. The Labute approximate surface area is 97.2 Å². The van der Waals surface area contributed by atoms with Gasteiger partial charge in [-0.05, 0) is 18.4 Å². The van der Waals surface area contributed by atoms with Crippen molar-refractivity contribution in [1.29, 1.82) is 0 Å². The summed E-state index contributed by atoms with van der Waals surface area (Å²) in [6, 6.07) is 11.0.